The number of rotatable bonds is 2. The van der Waals surface area contributed by atoms with E-state index in [1.165, 1.54) is 16.9 Å². The molecule has 0 N–H and O–H groups in total. The molecule has 0 aliphatic carbocycles. The van der Waals surface area contributed by atoms with Crippen LogP contribution >= 0.6 is 0 Å². The maximum atomic E-state index is 12.6. The summed E-state index contributed by atoms with van der Waals surface area (Å²) in [5, 5.41) is 3.60. The molecule has 0 unspecified atom stereocenters. The maximum Gasteiger partial charge on any atom is 0.233 e. The van der Waals surface area contributed by atoms with Crippen LogP contribution in [0.15, 0.2) is 37.2 Å². The van der Waals surface area contributed by atoms with Gasteiger partial charge in [-0.15, -0.1) is 5.10 Å². The van der Waals surface area contributed by atoms with Crippen molar-refractivity contribution in [1.29, 1.82) is 0 Å². The first-order valence-electron chi connectivity index (χ1n) is 4.09. The van der Waals surface area contributed by atoms with E-state index < -0.39 is 5.95 Å². The summed E-state index contributed by atoms with van der Waals surface area (Å²) in [6.45, 7) is 3.62. The minimum atomic E-state index is -0.514. The van der Waals surface area contributed by atoms with Gasteiger partial charge in [-0.2, -0.15) is 4.39 Å². The Morgan fingerprint density at radius 3 is 2.71 bits per heavy atom. The molecule has 14 heavy (non-hydrogen) atoms. The first-order valence-corrected chi connectivity index (χ1v) is 4.09. The predicted octanol–water partition coefficient (Wildman–Crippen LogP) is 2.05. The van der Waals surface area contributed by atoms with Crippen LogP contribution < -0.4 is 0 Å². The number of pyridine rings is 1. The van der Waals surface area contributed by atoms with Crippen LogP contribution in [-0.4, -0.2) is 14.8 Å². The average Bonchev–Trinajstić information content (AvgIpc) is 2.65. The fourth-order valence-electron chi connectivity index (χ4n) is 1.08. The normalized spacial score (nSPS) is 10.1. The summed E-state index contributed by atoms with van der Waals surface area (Å²) in [7, 11) is 0. The number of halogens is 1. The lowest BCUT2D eigenvalue weighted by Crippen LogP contribution is -1.98. The molecule has 2 aromatic rings. The van der Waals surface area contributed by atoms with Crippen molar-refractivity contribution in [3.8, 4) is 5.82 Å². The molecule has 2 aromatic heterocycles. The molecule has 70 valence electrons. The van der Waals surface area contributed by atoms with Gasteiger partial charge in [0.25, 0.3) is 0 Å². The standard InChI is InChI=1S/C10H8FN3/c1-2-8-3-4-10(12-7-8)14-6-5-9(11)13-14/h2-7H,1H2. The molecule has 0 aliphatic heterocycles. The number of nitrogens with zero attached hydrogens (tertiary/aromatic N) is 3. The van der Waals surface area contributed by atoms with E-state index in [2.05, 4.69) is 16.7 Å². The minimum Gasteiger partial charge on any atom is -0.237 e. The van der Waals surface area contributed by atoms with Gasteiger partial charge in [-0.1, -0.05) is 12.7 Å². The van der Waals surface area contributed by atoms with Crippen LogP contribution in [0.4, 0.5) is 4.39 Å². The van der Waals surface area contributed by atoms with Crippen molar-refractivity contribution in [2.24, 2.45) is 0 Å². The summed E-state index contributed by atoms with van der Waals surface area (Å²) >= 11 is 0. The van der Waals surface area contributed by atoms with Crippen LogP contribution in [0.5, 0.6) is 0 Å². The van der Waals surface area contributed by atoms with E-state index in [1.807, 2.05) is 6.07 Å². The zero-order chi connectivity index (χ0) is 9.97. The third kappa shape index (κ3) is 1.54. The molecular formula is C10H8FN3. The molecule has 0 fully saturated rings. The van der Waals surface area contributed by atoms with Crippen molar-refractivity contribution < 1.29 is 4.39 Å². The molecule has 2 rings (SSSR count). The van der Waals surface area contributed by atoms with Crippen LogP contribution in [0.3, 0.4) is 0 Å². The Balaban J connectivity index is 2.38. The predicted molar refractivity (Wildman–Crippen MR) is 51.4 cm³/mol. The van der Waals surface area contributed by atoms with Crippen molar-refractivity contribution in [1.82, 2.24) is 14.8 Å². The van der Waals surface area contributed by atoms with E-state index in [0.29, 0.717) is 5.82 Å². The Labute approximate surface area is 80.5 Å². The van der Waals surface area contributed by atoms with Gasteiger partial charge in [-0.3, -0.25) is 0 Å². The molecule has 0 saturated heterocycles. The quantitative estimate of drug-likeness (QED) is 0.723. The molecule has 0 aromatic carbocycles. The first-order chi connectivity index (χ1) is 6.79. The van der Waals surface area contributed by atoms with Gasteiger partial charge in [0.15, 0.2) is 5.82 Å². The van der Waals surface area contributed by atoms with Crippen LogP contribution in [0.25, 0.3) is 11.9 Å². The van der Waals surface area contributed by atoms with Gasteiger partial charge in [-0.05, 0) is 17.7 Å². The molecule has 3 nitrogen and oxygen atoms in total. The van der Waals surface area contributed by atoms with Gasteiger partial charge in [-0.25, -0.2) is 9.67 Å². The lowest BCUT2D eigenvalue weighted by Gasteiger charge is -1.99. The van der Waals surface area contributed by atoms with Crippen LogP contribution in [-0.2, 0) is 0 Å². The summed E-state index contributed by atoms with van der Waals surface area (Å²) in [5.41, 5.74) is 0.918. The Hall–Kier alpha value is -1.97. The van der Waals surface area contributed by atoms with Crippen molar-refractivity contribution in [3.63, 3.8) is 0 Å². The highest BCUT2D eigenvalue weighted by molar-refractivity contribution is 5.46. The molecule has 0 radical (unpaired) electrons. The third-order valence-electron chi connectivity index (χ3n) is 1.80. The van der Waals surface area contributed by atoms with E-state index >= 15 is 0 Å². The van der Waals surface area contributed by atoms with Gasteiger partial charge < -0.3 is 0 Å². The molecule has 0 aliphatic rings. The average molecular weight is 189 g/mol. The zero-order valence-corrected chi connectivity index (χ0v) is 7.39. The highest BCUT2D eigenvalue weighted by atomic mass is 19.1. The minimum absolute atomic E-state index is 0.514. The van der Waals surface area contributed by atoms with E-state index in [1.54, 1.807) is 18.3 Å². The summed E-state index contributed by atoms with van der Waals surface area (Å²) < 4.78 is 14.0. The molecule has 0 atom stereocenters. The fourth-order valence-corrected chi connectivity index (χ4v) is 1.08. The highest BCUT2D eigenvalue weighted by Crippen LogP contribution is 2.06. The summed E-state index contributed by atoms with van der Waals surface area (Å²) in [6, 6.07) is 4.88. The lowest BCUT2D eigenvalue weighted by atomic mass is 10.3. The van der Waals surface area contributed by atoms with Gasteiger partial charge in [0.05, 0.1) is 0 Å². The molecular weight excluding hydrogens is 181 g/mol. The zero-order valence-electron chi connectivity index (χ0n) is 7.39. The SMILES string of the molecule is C=Cc1ccc(-n2ccc(F)n2)nc1. The second-order valence-corrected chi connectivity index (χ2v) is 2.74. The van der Waals surface area contributed by atoms with Crippen LogP contribution in [0.2, 0.25) is 0 Å². The molecule has 0 amide bonds. The summed E-state index contributed by atoms with van der Waals surface area (Å²) in [4.78, 5) is 4.10. The number of hydrogen-bond donors (Lipinski definition) is 0. The van der Waals surface area contributed by atoms with Crippen molar-refractivity contribution in [2.45, 2.75) is 0 Å². The Kier molecular flexibility index (Phi) is 2.10. The number of aromatic nitrogens is 3. The van der Waals surface area contributed by atoms with E-state index in [-0.39, 0.29) is 0 Å². The van der Waals surface area contributed by atoms with Crippen molar-refractivity contribution in [2.75, 3.05) is 0 Å². The fraction of sp³-hybridized carbons (Fsp3) is 0. The van der Waals surface area contributed by atoms with E-state index in [4.69, 9.17) is 0 Å². The van der Waals surface area contributed by atoms with E-state index in [0.717, 1.165) is 5.56 Å². The molecule has 4 heteroatoms. The smallest absolute Gasteiger partial charge is 0.233 e. The van der Waals surface area contributed by atoms with Crippen LogP contribution in [0, 0.1) is 5.95 Å². The van der Waals surface area contributed by atoms with Gasteiger partial charge in [0.1, 0.15) is 0 Å². The lowest BCUT2D eigenvalue weighted by molar-refractivity contribution is 0.564. The van der Waals surface area contributed by atoms with Gasteiger partial charge in [0, 0.05) is 18.5 Å². The van der Waals surface area contributed by atoms with Gasteiger partial charge in [0.2, 0.25) is 5.95 Å². The molecule has 0 spiro atoms. The van der Waals surface area contributed by atoms with Crippen LogP contribution in [0.1, 0.15) is 5.56 Å². The first kappa shape index (κ1) is 8.62. The Bertz CT molecular complexity index is 445. The maximum absolute atomic E-state index is 12.6. The summed E-state index contributed by atoms with van der Waals surface area (Å²) in [6.07, 6.45) is 4.87. The molecule has 0 saturated carbocycles. The number of hydrogen-bond acceptors (Lipinski definition) is 2. The Morgan fingerprint density at radius 1 is 1.36 bits per heavy atom. The topological polar surface area (TPSA) is 30.7 Å². The Morgan fingerprint density at radius 2 is 2.21 bits per heavy atom. The molecule has 2 heterocycles. The van der Waals surface area contributed by atoms with Gasteiger partial charge >= 0.3 is 0 Å². The summed E-state index contributed by atoms with van der Waals surface area (Å²) in [5.74, 6) is 0.0686. The second kappa shape index (κ2) is 3.41. The van der Waals surface area contributed by atoms with Crippen molar-refractivity contribution in [3.05, 3.63) is 48.7 Å². The molecule has 0 bridgehead atoms. The second-order valence-electron chi connectivity index (χ2n) is 2.74. The van der Waals surface area contributed by atoms with Crippen molar-refractivity contribution >= 4 is 6.08 Å². The third-order valence-corrected chi connectivity index (χ3v) is 1.80. The monoisotopic (exact) mass is 189 g/mol. The highest BCUT2D eigenvalue weighted by Gasteiger charge is 2.00. The largest absolute Gasteiger partial charge is 0.237 e. The van der Waals surface area contributed by atoms with E-state index in [9.17, 15) is 4.39 Å².